The molecule has 2 heterocycles. The van der Waals surface area contributed by atoms with Gasteiger partial charge in [-0.05, 0) is 44.0 Å². The lowest BCUT2D eigenvalue weighted by Crippen LogP contribution is -2.44. The normalized spacial score (nSPS) is 13.9. The van der Waals surface area contributed by atoms with Crippen molar-refractivity contribution in [3.63, 3.8) is 0 Å². The zero-order valence-corrected chi connectivity index (χ0v) is 20.9. The highest BCUT2D eigenvalue weighted by Crippen LogP contribution is 2.30. The number of hydrogen-bond donors (Lipinski definition) is 3. The Bertz CT molecular complexity index is 1180. The second-order valence-corrected chi connectivity index (χ2v) is 8.41. The first-order chi connectivity index (χ1) is 15.7. The fraction of sp³-hybridized carbons (Fsp3) is 0.458. The van der Waals surface area contributed by atoms with Gasteiger partial charge in [-0.1, -0.05) is 13.0 Å². The van der Waals surface area contributed by atoms with E-state index in [1.807, 2.05) is 24.3 Å². The SMILES string of the molecule is CCC(COC)n1c(-c2cc(C)c(=O)n(C)c2)nc2cc(CN[C@H](C(=O)O)[C@@H](C)O)ccc21.Cl. The van der Waals surface area contributed by atoms with Gasteiger partial charge in [-0.15, -0.1) is 12.4 Å². The third kappa shape index (κ3) is 5.67. The molecule has 3 atom stereocenters. The number of aliphatic carboxylic acids is 1. The van der Waals surface area contributed by atoms with Gasteiger partial charge in [0, 0.05) is 38.0 Å². The fourth-order valence-corrected chi connectivity index (χ4v) is 4.09. The van der Waals surface area contributed by atoms with Crippen LogP contribution in [-0.2, 0) is 23.1 Å². The molecule has 2 aromatic heterocycles. The van der Waals surface area contributed by atoms with E-state index in [4.69, 9.17) is 9.72 Å². The second-order valence-electron chi connectivity index (χ2n) is 8.41. The van der Waals surface area contributed by atoms with Gasteiger partial charge in [-0.3, -0.25) is 14.9 Å². The van der Waals surface area contributed by atoms with E-state index in [0.29, 0.717) is 12.2 Å². The highest BCUT2D eigenvalue weighted by molar-refractivity contribution is 5.85. The van der Waals surface area contributed by atoms with Crippen LogP contribution in [0.25, 0.3) is 22.4 Å². The minimum Gasteiger partial charge on any atom is -0.480 e. The summed E-state index contributed by atoms with van der Waals surface area (Å²) in [4.78, 5) is 28.5. The summed E-state index contributed by atoms with van der Waals surface area (Å²) >= 11 is 0. The van der Waals surface area contributed by atoms with Crippen molar-refractivity contribution in [2.45, 2.75) is 51.9 Å². The maximum atomic E-state index is 12.2. The number of aliphatic hydroxyl groups excluding tert-OH is 1. The Kier molecular flexibility index (Phi) is 9.40. The Morgan fingerprint density at radius 3 is 2.56 bits per heavy atom. The van der Waals surface area contributed by atoms with Crippen LogP contribution in [0.2, 0.25) is 0 Å². The van der Waals surface area contributed by atoms with Crippen molar-refractivity contribution in [3.8, 4) is 11.4 Å². The lowest BCUT2D eigenvalue weighted by molar-refractivity contribution is -0.142. The zero-order valence-electron chi connectivity index (χ0n) is 20.1. The van der Waals surface area contributed by atoms with Crippen molar-refractivity contribution in [1.29, 1.82) is 0 Å². The predicted octanol–water partition coefficient (Wildman–Crippen LogP) is 2.65. The van der Waals surface area contributed by atoms with Gasteiger partial charge in [-0.2, -0.15) is 0 Å². The number of halogens is 1. The number of carboxylic acids is 1. The standard InChI is InChI=1S/C24H32N4O5.ClH/c1-6-18(13-33-5)28-20-8-7-16(11-25-21(15(3)29)24(31)32)10-19(20)26-22(28)17-9-14(2)23(30)27(4)12-17;/h7-10,12,15,18,21,25,29H,6,11,13H2,1-5H3,(H,31,32);1H/t15-,18?,21+;/m1./s1. The summed E-state index contributed by atoms with van der Waals surface area (Å²) < 4.78 is 9.17. The maximum absolute atomic E-state index is 12.2. The van der Waals surface area contributed by atoms with Crippen LogP contribution in [0.1, 0.15) is 37.4 Å². The van der Waals surface area contributed by atoms with Crippen LogP contribution < -0.4 is 10.9 Å². The number of hydrogen-bond acceptors (Lipinski definition) is 6. The number of carbonyl (C=O) groups is 1. The van der Waals surface area contributed by atoms with Gasteiger partial charge in [0.2, 0.25) is 0 Å². The van der Waals surface area contributed by atoms with E-state index < -0.39 is 18.1 Å². The van der Waals surface area contributed by atoms with Gasteiger partial charge < -0.3 is 24.1 Å². The molecule has 186 valence electrons. The number of fused-ring (bicyclic) bond motifs is 1. The Morgan fingerprint density at radius 2 is 2.00 bits per heavy atom. The molecule has 0 aliphatic carbocycles. The van der Waals surface area contributed by atoms with Crippen molar-refractivity contribution in [1.82, 2.24) is 19.4 Å². The van der Waals surface area contributed by atoms with Crippen molar-refractivity contribution >= 4 is 29.4 Å². The minimum absolute atomic E-state index is 0. The van der Waals surface area contributed by atoms with Gasteiger partial charge >= 0.3 is 5.97 Å². The molecule has 0 bridgehead atoms. The van der Waals surface area contributed by atoms with E-state index in [-0.39, 0.29) is 30.6 Å². The topological polar surface area (TPSA) is 119 Å². The van der Waals surface area contributed by atoms with Crippen molar-refractivity contribution in [2.75, 3.05) is 13.7 Å². The number of pyridine rings is 1. The van der Waals surface area contributed by atoms with Gasteiger partial charge in [0.15, 0.2) is 0 Å². The number of aliphatic hydroxyl groups is 1. The van der Waals surface area contributed by atoms with Crippen LogP contribution in [0.3, 0.4) is 0 Å². The van der Waals surface area contributed by atoms with E-state index in [2.05, 4.69) is 16.8 Å². The average molecular weight is 493 g/mol. The molecule has 0 amide bonds. The Labute approximate surface area is 204 Å². The number of benzene rings is 1. The molecule has 1 aromatic carbocycles. The number of aromatic nitrogens is 3. The quantitative estimate of drug-likeness (QED) is 0.398. The van der Waals surface area contributed by atoms with Crippen molar-refractivity contribution in [3.05, 3.63) is 51.9 Å². The summed E-state index contributed by atoms with van der Waals surface area (Å²) in [5, 5.41) is 21.9. The molecular formula is C24H33ClN4O5. The number of aryl methyl sites for hydroxylation is 2. The van der Waals surface area contributed by atoms with Gasteiger partial charge in [0.25, 0.3) is 5.56 Å². The van der Waals surface area contributed by atoms with E-state index >= 15 is 0 Å². The van der Waals surface area contributed by atoms with Crippen LogP contribution in [0.15, 0.2) is 35.3 Å². The summed E-state index contributed by atoms with van der Waals surface area (Å²) in [6.07, 6.45) is 1.59. The van der Waals surface area contributed by atoms with E-state index in [9.17, 15) is 19.8 Å². The maximum Gasteiger partial charge on any atom is 0.323 e. The van der Waals surface area contributed by atoms with E-state index in [1.165, 1.54) is 6.92 Å². The monoisotopic (exact) mass is 492 g/mol. The molecule has 0 spiro atoms. The lowest BCUT2D eigenvalue weighted by atomic mass is 10.1. The van der Waals surface area contributed by atoms with Crippen LogP contribution in [0, 0.1) is 6.92 Å². The molecular weight excluding hydrogens is 460 g/mol. The van der Waals surface area contributed by atoms with E-state index in [0.717, 1.165) is 34.4 Å². The molecule has 0 aliphatic heterocycles. The fourth-order valence-electron chi connectivity index (χ4n) is 4.09. The smallest absolute Gasteiger partial charge is 0.323 e. The van der Waals surface area contributed by atoms with Crippen LogP contribution in [-0.4, -0.2) is 56.2 Å². The molecule has 0 saturated carbocycles. The minimum atomic E-state index is -1.10. The molecule has 9 nitrogen and oxygen atoms in total. The number of nitrogens with zero attached hydrogens (tertiary/aromatic N) is 3. The number of nitrogens with one attached hydrogen (secondary N) is 1. The second kappa shape index (κ2) is 11.6. The summed E-state index contributed by atoms with van der Waals surface area (Å²) in [6, 6.07) is 6.63. The van der Waals surface area contributed by atoms with Crippen LogP contribution in [0.5, 0.6) is 0 Å². The molecule has 0 radical (unpaired) electrons. The predicted molar refractivity (Wildman–Crippen MR) is 134 cm³/mol. The molecule has 0 fully saturated rings. The third-order valence-electron chi connectivity index (χ3n) is 5.84. The molecule has 0 saturated heterocycles. The first-order valence-electron chi connectivity index (χ1n) is 11.0. The molecule has 3 rings (SSSR count). The Balaban J connectivity index is 0.00000408. The van der Waals surface area contributed by atoms with Gasteiger partial charge in [-0.25, -0.2) is 4.98 Å². The van der Waals surface area contributed by atoms with Crippen molar-refractivity contribution in [2.24, 2.45) is 7.05 Å². The van der Waals surface area contributed by atoms with E-state index in [1.54, 1.807) is 31.8 Å². The molecule has 34 heavy (non-hydrogen) atoms. The summed E-state index contributed by atoms with van der Waals surface area (Å²) in [5.74, 6) is -0.363. The zero-order chi connectivity index (χ0) is 24.3. The Morgan fingerprint density at radius 1 is 1.29 bits per heavy atom. The first-order valence-corrected chi connectivity index (χ1v) is 11.0. The number of carboxylic acid groups (broad SMARTS) is 1. The largest absolute Gasteiger partial charge is 0.480 e. The molecule has 3 aromatic rings. The lowest BCUT2D eigenvalue weighted by Gasteiger charge is -2.20. The van der Waals surface area contributed by atoms with Crippen LogP contribution >= 0.6 is 12.4 Å². The highest BCUT2D eigenvalue weighted by Gasteiger charge is 2.23. The number of rotatable bonds is 10. The summed E-state index contributed by atoms with van der Waals surface area (Å²) in [7, 11) is 3.39. The summed E-state index contributed by atoms with van der Waals surface area (Å²) in [5.41, 5.74) is 3.95. The molecule has 3 N–H and O–H groups in total. The first kappa shape index (κ1) is 27.5. The van der Waals surface area contributed by atoms with Crippen LogP contribution in [0.4, 0.5) is 0 Å². The number of imidazole rings is 1. The number of ether oxygens (including phenoxy) is 1. The van der Waals surface area contributed by atoms with Crippen molar-refractivity contribution < 1.29 is 19.7 Å². The van der Waals surface area contributed by atoms with Gasteiger partial charge in [0.1, 0.15) is 11.9 Å². The molecule has 10 heteroatoms. The Hall–Kier alpha value is -2.72. The highest BCUT2D eigenvalue weighted by atomic mass is 35.5. The van der Waals surface area contributed by atoms with Gasteiger partial charge in [0.05, 0.1) is 29.8 Å². The average Bonchev–Trinajstić information content (AvgIpc) is 3.13. The number of methoxy groups -OCH3 is 1. The molecule has 0 aliphatic rings. The third-order valence-corrected chi connectivity index (χ3v) is 5.84. The summed E-state index contributed by atoms with van der Waals surface area (Å²) in [6.45, 7) is 6.10. The molecule has 1 unspecified atom stereocenters.